The van der Waals surface area contributed by atoms with Gasteiger partial charge in [-0.1, -0.05) is 24.3 Å². The summed E-state index contributed by atoms with van der Waals surface area (Å²) in [6.45, 7) is 3.78. The van der Waals surface area contributed by atoms with Crippen LogP contribution in [-0.4, -0.2) is 25.2 Å². The van der Waals surface area contributed by atoms with Crippen LogP contribution >= 0.6 is 0 Å². The third-order valence-electron chi connectivity index (χ3n) is 4.44. The van der Waals surface area contributed by atoms with Crippen LogP contribution in [-0.2, 0) is 4.79 Å². The minimum absolute atomic E-state index is 0.118. The van der Waals surface area contributed by atoms with Gasteiger partial charge in [-0.15, -0.1) is 0 Å². The van der Waals surface area contributed by atoms with Gasteiger partial charge in [-0.2, -0.15) is 5.26 Å². The highest BCUT2D eigenvalue weighted by Crippen LogP contribution is 2.34. The molecule has 8 heteroatoms. The Morgan fingerprint density at radius 1 is 1.17 bits per heavy atom. The van der Waals surface area contributed by atoms with Crippen LogP contribution in [0.4, 0.5) is 10.5 Å². The standard InChI is InChI=1S/C22H22N4O4/c1-3-29-18-13-15(9-10-17(18)30-12-11-23)20-19(14(2)24-22(28)26-20)21(27)25-16-7-5-4-6-8-16/h4-10,13,20H,3,12H2,1-2H3,(H,25,27)(H2,24,26,28)/t20-/m1/s1. The summed E-state index contributed by atoms with van der Waals surface area (Å²) in [6, 6.07) is 15.0. The minimum atomic E-state index is -0.688. The van der Waals surface area contributed by atoms with E-state index in [-0.39, 0.29) is 12.5 Å². The van der Waals surface area contributed by atoms with E-state index >= 15 is 0 Å². The molecule has 1 aliphatic heterocycles. The quantitative estimate of drug-likeness (QED) is 0.653. The van der Waals surface area contributed by atoms with Crippen molar-refractivity contribution in [1.82, 2.24) is 10.6 Å². The zero-order valence-corrected chi connectivity index (χ0v) is 16.7. The topological polar surface area (TPSA) is 112 Å². The summed E-state index contributed by atoms with van der Waals surface area (Å²) in [6.07, 6.45) is 0. The fourth-order valence-corrected chi connectivity index (χ4v) is 3.17. The van der Waals surface area contributed by atoms with Gasteiger partial charge in [0.15, 0.2) is 18.1 Å². The number of allylic oxidation sites excluding steroid dienone is 1. The minimum Gasteiger partial charge on any atom is -0.490 e. The van der Waals surface area contributed by atoms with Gasteiger partial charge in [-0.05, 0) is 43.7 Å². The lowest BCUT2D eigenvalue weighted by Gasteiger charge is -2.29. The second kappa shape index (κ2) is 9.47. The largest absolute Gasteiger partial charge is 0.490 e. The lowest BCUT2D eigenvalue weighted by molar-refractivity contribution is -0.113. The Kier molecular flexibility index (Phi) is 6.55. The van der Waals surface area contributed by atoms with Gasteiger partial charge < -0.3 is 25.4 Å². The van der Waals surface area contributed by atoms with Crippen molar-refractivity contribution < 1.29 is 19.1 Å². The molecule has 0 radical (unpaired) electrons. The number of carbonyl (C=O) groups is 2. The average molecular weight is 406 g/mol. The van der Waals surface area contributed by atoms with E-state index in [1.165, 1.54) is 0 Å². The Hall–Kier alpha value is -3.99. The Bertz CT molecular complexity index is 1010. The summed E-state index contributed by atoms with van der Waals surface area (Å²) in [5, 5.41) is 17.1. The predicted molar refractivity (Wildman–Crippen MR) is 111 cm³/mol. The molecular formula is C22H22N4O4. The number of urea groups is 1. The van der Waals surface area contributed by atoms with Crippen LogP contribution in [0.3, 0.4) is 0 Å². The van der Waals surface area contributed by atoms with Crippen molar-refractivity contribution in [2.75, 3.05) is 18.5 Å². The summed E-state index contributed by atoms with van der Waals surface area (Å²) in [5.74, 6) is 0.510. The molecule has 0 bridgehead atoms. The summed E-state index contributed by atoms with van der Waals surface area (Å²) in [5.41, 5.74) is 2.13. The molecule has 0 spiro atoms. The third-order valence-corrected chi connectivity index (χ3v) is 4.44. The lowest BCUT2D eigenvalue weighted by atomic mass is 9.94. The second-order valence-electron chi connectivity index (χ2n) is 6.48. The lowest BCUT2D eigenvalue weighted by Crippen LogP contribution is -2.46. The van der Waals surface area contributed by atoms with Gasteiger partial charge in [0, 0.05) is 11.4 Å². The van der Waals surface area contributed by atoms with E-state index in [2.05, 4.69) is 16.0 Å². The molecule has 3 amide bonds. The normalized spacial score (nSPS) is 15.5. The zero-order valence-electron chi connectivity index (χ0n) is 16.7. The molecule has 3 N–H and O–H groups in total. The summed E-state index contributed by atoms with van der Waals surface area (Å²) in [7, 11) is 0. The van der Waals surface area contributed by atoms with Crippen molar-refractivity contribution in [3.63, 3.8) is 0 Å². The highest BCUT2D eigenvalue weighted by Gasteiger charge is 2.31. The number of hydrogen-bond acceptors (Lipinski definition) is 5. The number of nitriles is 1. The fraction of sp³-hybridized carbons (Fsp3) is 0.227. The van der Waals surface area contributed by atoms with Crippen LogP contribution in [0, 0.1) is 11.3 Å². The SMILES string of the molecule is CCOc1cc([C@H]2NC(=O)NC(C)=C2C(=O)Nc2ccccc2)ccc1OCC#N. The number of carbonyl (C=O) groups excluding carboxylic acids is 2. The fourth-order valence-electron chi connectivity index (χ4n) is 3.17. The van der Waals surface area contributed by atoms with Gasteiger partial charge in [0.1, 0.15) is 6.07 Å². The highest BCUT2D eigenvalue weighted by atomic mass is 16.5. The van der Waals surface area contributed by atoms with Gasteiger partial charge in [0.2, 0.25) is 0 Å². The molecule has 0 fully saturated rings. The number of hydrogen-bond donors (Lipinski definition) is 3. The molecule has 3 rings (SSSR count). The van der Waals surface area contributed by atoms with Crippen LogP contribution < -0.4 is 25.4 Å². The first kappa shape index (κ1) is 20.7. The third kappa shape index (κ3) is 4.70. The zero-order chi connectivity index (χ0) is 21.5. The first-order valence-electron chi connectivity index (χ1n) is 9.44. The van der Waals surface area contributed by atoms with Crippen molar-refractivity contribution >= 4 is 17.6 Å². The van der Waals surface area contributed by atoms with E-state index in [1.807, 2.05) is 31.2 Å². The molecule has 1 aliphatic rings. The van der Waals surface area contributed by atoms with E-state index in [4.69, 9.17) is 14.7 Å². The number of nitrogens with zero attached hydrogens (tertiary/aromatic N) is 1. The molecule has 1 heterocycles. The molecule has 0 saturated heterocycles. The summed E-state index contributed by atoms with van der Waals surface area (Å²) < 4.78 is 11.0. The average Bonchev–Trinajstić information content (AvgIpc) is 2.73. The Morgan fingerprint density at radius 2 is 1.93 bits per heavy atom. The highest BCUT2D eigenvalue weighted by molar-refractivity contribution is 6.06. The number of amides is 3. The first-order valence-corrected chi connectivity index (χ1v) is 9.44. The number of nitrogens with one attached hydrogen (secondary N) is 3. The van der Waals surface area contributed by atoms with Crippen molar-refractivity contribution in [1.29, 1.82) is 5.26 Å². The molecule has 2 aromatic carbocycles. The van der Waals surface area contributed by atoms with Crippen molar-refractivity contribution in [3.05, 3.63) is 65.4 Å². The van der Waals surface area contributed by atoms with Crippen LogP contribution in [0.5, 0.6) is 11.5 Å². The molecule has 30 heavy (non-hydrogen) atoms. The van der Waals surface area contributed by atoms with Crippen LogP contribution in [0.2, 0.25) is 0 Å². The predicted octanol–water partition coefficient (Wildman–Crippen LogP) is 3.25. The van der Waals surface area contributed by atoms with Gasteiger partial charge >= 0.3 is 6.03 Å². The molecule has 2 aromatic rings. The van der Waals surface area contributed by atoms with Gasteiger partial charge in [-0.25, -0.2) is 4.79 Å². The van der Waals surface area contributed by atoms with E-state index in [0.29, 0.717) is 40.6 Å². The van der Waals surface area contributed by atoms with Crippen LogP contribution in [0.25, 0.3) is 0 Å². The molecular weight excluding hydrogens is 384 g/mol. The van der Waals surface area contributed by atoms with E-state index in [0.717, 1.165) is 0 Å². The molecule has 0 aliphatic carbocycles. The van der Waals surface area contributed by atoms with E-state index in [9.17, 15) is 9.59 Å². The second-order valence-corrected chi connectivity index (χ2v) is 6.48. The maximum Gasteiger partial charge on any atom is 0.319 e. The molecule has 0 saturated carbocycles. The number of anilines is 1. The monoisotopic (exact) mass is 406 g/mol. The molecule has 8 nitrogen and oxygen atoms in total. The van der Waals surface area contributed by atoms with Gasteiger partial charge in [-0.3, -0.25) is 4.79 Å². The van der Waals surface area contributed by atoms with Gasteiger partial charge in [0.05, 0.1) is 18.2 Å². The molecule has 1 atom stereocenters. The number of benzene rings is 2. The Labute approximate surface area is 174 Å². The van der Waals surface area contributed by atoms with Crippen LogP contribution in [0.1, 0.15) is 25.5 Å². The molecule has 154 valence electrons. The Morgan fingerprint density at radius 3 is 2.63 bits per heavy atom. The first-order chi connectivity index (χ1) is 14.5. The number of ether oxygens (including phenoxy) is 2. The Balaban J connectivity index is 1.96. The number of rotatable bonds is 7. The van der Waals surface area contributed by atoms with Crippen molar-refractivity contribution in [3.8, 4) is 17.6 Å². The molecule has 0 unspecified atom stereocenters. The van der Waals surface area contributed by atoms with Gasteiger partial charge in [0.25, 0.3) is 5.91 Å². The summed E-state index contributed by atoms with van der Waals surface area (Å²) >= 11 is 0. The van der Waals surface area contributed by atoms with Crippen molar-refractivity contribution in [2.45, 2.75) is 19.9 Å². The van der Waals surface area contributed by atoms with E-state index < -0.39 is 12.1 Å². The van der Waals surface area contributed by atoms with E-state index in [1.54, 1.807) is 37.3 Å². The maximum atomic E-state index is 13.0. The smallest absolute Gasteiger partial charge is 0.319 e. The van der Waals surface area contributed by atoms with Crippen LogP contribution in [0.15, 0.2) is 59.8 Å². The molecule has 0 aromatic heterocycles. The van der Waals surface area contributed by atoms with Crippen molar-refractivity contribution in [2.24, 2.45) is 0 Å². The maximum absolute atomic E-state index is 13.0. The summed E-state index contributed by atoms with van der Waals surface area (Å²) in [4.78, 5) is 25.2. The number of para-hydroxylation sites is 1.